The van der Waals surface area contributed by atoms with Crippen LogP contribution in [0.1, 0.15) is 24.9 Å². The molecule has 0 aliphatic rings. The minimum absolute atomic E-state index is 0.172. The maximum atomic E-state index is 13.8. The molecule has 1 N–H and O–H groups in total. The number of nitrogens with one attached hydrogen (secondary N) is 1. The molecule has 0 fully saturated rings. The molecule has 0 amide bonds. The first-order valence-corrected chi connectivity index (χ1v) is 8.21. The van der Waals surface area contributed by atoms with Gasteiger partial charge in [0.25, 0.3) is 0 Å². The van der Waals surface area contributed by atoms with Gasteiger partial charge in [0.2, 0.25) is 0 Å². The van der Waals surface area contributed by atoms with Gasteiger partial charge in [-0.2, -0.15) is 11.8 Å². The van der Waals surface area contributed by atoms with E-state index in [1.165, 1.54) is 0 Å². The van der Waals surface area contributed by atoms with Crippen LogP contribution in [-0.2, 0) is 0 Å². The lowest BCUT2D eigenvalue weighted by Crippen LogP contribution is -2.34. The van der Waals surface area contributed by atoms with E-state index >= 15 is 0 Å². The molecule has 0 aliphatic carbocycles. The zero-order valence-electron chi connectivity index (χ0n) is 12.6. The second-order valence-electron chi connectivity index (χ2n) is 5.06. The topological polar surface area (TPSA) is 15.3 Å². The minimum Gasteiger partial charge on any atom is -0.313 e. The average Bonchev–Trinajstić information content (AvgIpc) is 2.43. The van der Waals surface area contributed by atoms with Gasteiger partial charge >= 0.3 is 0 Å². The molecule has 0 saturated heterocycles. The Kier molecular flexibility index (Phi) is 7.48. The van der Waals surface area contributed by atoms with Crippen LogP contribution < -0.4 is 5.32 Å². The van der Waals surface area contributed by atoms with E-state index in [9.17, 15) is 8.78 Å². The highest BCUT2D eigenvalue weighted by Gasteiger charge is 2.18. The molecule has 2 atom stereocenters. The van der Waals surface area contributed by atoms with Crippen LogP contribution in [0.2, 0.25) is 0 Å². The van der Waals surface area contributed by atoms with Crippen molar-refractivity contribution in [3.8, 4) is 0 Å². The lowest BCUT2D eigenvalue weighted by atomic mass is 10.0. The van der Waals surface area contributed by atoms with E-state index in [1.54, 1.807) is 19.2 Å². The van der Waals surface area contributed by atoms with E-state index in [1.807, 2.05) is 11.8 Å². The molecule has 114 valence electrons. The summed E-state index contributed by atoms with van der Waals surface area (Å²) >= 11 is 1.81. The van der Waals surface area contributed by atoms with Gasteiger partial charge in [-0.05, 0) is 46.3 Å². The van der Waals surface area contributed by atoms with Crippen LogP contribution in [0.3, 0.4) is 0 Å². The van der Waals surface area contributed by atoms with Crippen molar-refractivity contribution in [1.29, 1.82) is 0 Å². The molecule has 0 heterocycles. The second-order valence-corrected chi connectivity index (χ2v) is 5.97. The summed E-state index contributed by atoms with van der Waals surface area (Å²) in [5, 5.41) is 3.07. The lowest BCUT2D eigenvalue weighted by molar-refractivity contribution is 0.260. The Morgan fingerprint density at radius 2 is 2.05 bits per heavy atom. The third kappa shape index (κ3) is 4.72. The molecule has 0 aliphatic heterocycles. The van der Waals surface area contributed by atoms with Crippen molar-refractivity contribution in [3.63, 3.8) is 0 Å². The standard InChI is InChI=1S/C15H24F2N2S/c1-11(10-20-4)19(3)9-8-14(18-2)12-6-5-7-13(16)15(12)17/h5-7,11,14,18H,8-10H2,1-4H3. The number of rotatable bonds is 8. The van der Waals surface area contributed by atoms with Gasteiger partial charge < -0.3 is 10.2 Å². The van der Waals surface area contributed by atoms with E-state index in [0.717, 1.165) is 24.8 Å². The second kappa shape index (κ2) is 8.60. The largest absolute Gasteiger partial charge is 0.313 e. The fourth-order valence-corrected chi connectivity index (χ4v) is 2.90. The Labute approximate surface area is 124 Å². The molecule has 1 aromatic carbocycles. The van der Waals surface area contributed by atoms with Crippen molar-refractivity contribution in [2.75, 3.05) is 32.6 Å². The first-order valence-electron chi connectivity index (χ1n) is 6.81. The van der Waals surface area contributed by atoms with Crippen LogP contribution in [-0.4, -0.2) is 43.6 Å². The zero-order chi connectivity index (χ0) is 15.1. The Morgan fingerprint density at radius 1 is 1.35 bits per heavy atom. The molecular weight excluding hydrogens is 278 g/mol. The molecule has 1 rings (SSSR count). The lowest BCUT2D eigenvalue weighted by Gasteiger charge is -2.26. The Balaban J connectivity index is 2.66. The molecule has 0 saturated carbocycles. The molecule has 0 bridgehead atoms. The number of hydrogen-bond donors (Lipinski definition) is 1. The van der Waals surface area contributed by atoms with E-state index in [2.05, 4.69) is 30.4 Å². The fourth-order valence-electron chi connectivity index (χ4n) is 2.17. The summed E-state index contributed by atoms with van der Waals surface area (Å²) in [5.41, 5.74) is 0.401. The monoisotopic (exact) mass is 302 g/mol. The predicted molar refractivity (Wildman–Crippen MR) is 83.2 cm³/mol. The summed E-state index contributed by atoms with van der Waals surface area (Å²) in [4.78, 5) is 2.25. The minimum atomic E-state index is -0.785. The Hall–Kier alpha value is -0.650. The quantitative estimate of drug-likeness (QED) is 0.793. The highest BCUT2D eigenvalue weighted by molar-refractivity contribution is 7.98. The van der Waals surface area contributed by atoms with Gasteiger partial charge in [-0.25, -0.2) is 8.78 Å². The van der Waals surface area contributed by atoms with Gasteiger partial charge in [-0.15, -0.1) is 0 Å². The molecule has 2 nitrogen and oxygen atoms in total. The summed E-state index contributed by atoms with van der Waals surface area (Å²) in [6.45, 7) is 3.01. The zero-order valence-corrected chi connectivity index (χ0v) is 13.4. The summed E-state index contributed by atoms with van der Waals surface area (Å²) < 4.78 is 27.1. The van der Waals surface area contributed by atoms with Crippen LogP contribution in [0, 0.1) is 11.6 Å². The van der Waals surface area contributed by atoms with Crippen LogP contribution in [0.4, 0.5) is 8.78 Å². The summed E-state index contributed by atoms with van der Waals surface area (Å²) in [6.07, 6.45) is 2.83. The van der Waals surface area contributed by atoms with Crippen LogP contribution in [0.15, 0.2) is 18.2 Å². The van der Waals surface area contributed by atoms with E-state index in [4.69, 9.17) is 0 Å². The molecule has 5 heteroatoms. The molecule has 20 heavy (non-hydrogen) atoms. The smallest absolute Gasteiger partial charge is 0.163 e. The van der Waals surface area contributed by atoms with Crippen LogP contribution in [0.5, 0.6) is 0 Å². The van der Waals surface area contributed by atoms with Crippen molar-refractivity contribution >= 4 is 11.8 Å². The maximum Gasteiger partial charge on any atom is 0.163 e. The SMILES string of the molecule is CNC(CCN(C)C(C)CSC)c1cccc(F)c1F. The molecule has 0 spiro atoms. The van der Waals surface area contributed by atoms with E-state index in [-0.39, 0.29) is 6.04 Å². The highest BCUT2D eigenvalue weighted by Crippen LogP contribution is 2.22. The van der Waals surface area contributed by atoms with Gasteiger partial charge in [0, 0.05) is 23.4 Å². The van der Waals surface area contributed by atoms with E-state index in [0.29, 0.717) is 11.6 Å². The predicted octanol–water partition coefficient (Wildman–Crippen LogP) is 3.30. The molecule has 1 aromatic rings. The van der Waals surface area contributed by atoms with Crippen molar-refractivity contribution in [2.24, 2.45) is 0 Å². The van der Waals surface area contributed by atoms with E-state index < -0.39 is 11.6 Å². The van der Waals surface area contributed by atoms with Gasteiger partial charge in [-0.1, -0.05) is 12.1 Å². The number of hydrogen-bond acceptors (Lipinski definition) is 3. The first-order chi connectivity index (χ1) is 9.51. The van der Waals surface area contributed by atoms with Crippen LogP contribution >= 0.6 is 11.8 Å². The molecule has 0 radical (unpaired) electrons. The van der Waals surface area contributed by atoms with Crippen molar-refractivity contribution < 1.29 is 8.78 Å². The molecular formula is C15H24F2N2S. The number of thioether (sulfide) groups is 1. The normalized spacial score (nSPS) is 14.6. The number of benzene rings is 1. The average molecular weight is 302 g/mol. The molecule has 0 aromatic heterocycles. The Morgan fingerprint density at radius 3 is 2.65 bits per heavy atom. The fraction of sp³-hybridized carbons (Fsp3) is 0.600. The third-order valence-corrected chi connectivity index (χ3v) is 4.45. The van der Waals surface area contributed by atoms with Crippen molar-refractivity contribution in [1.82, 2.24) is 10.2 Å². The number of halogens is 2. The third-order valence-electron chi connectivity index (χ3n) is 3.64. The summed E-state index contributed by atoms with van der Waals surface area (Å²) in [6, 6.07) is 4.65. The van der Waals surface area contributed by atoms with Crippen LogP contribution in [0.25, 0.3) is 0 Å². The highest BCUT2D eigenvalue weighted by atomic mass is 32.2. The first kappa shape index (κ1) is 17.4. The number of nitrogens with zero attached hydrogens (tertiary/aromatic N) is 1. The van der Waals surface area contributed by atoms with Gasteiger partial charge in [-0.3, -0.25) is 0 Å². The van der Waals surface area contributed by atoms with Crippen molar-refractivity contribution in [2.45, 2.75) is 25.4 Å². The van der Waals surface area contributed by atoms with Gasteiger partial charge in [0.1, 0.15) is 0 Å². The Bertz CT molecular complexity index is 415. The van der Waals surface area contributed by atoms with Crippen molar-refractivity contribution in [3.05, 3.63) is 35.4 Å². The van der Waals surface area contributed by atoms with Gasteiger partial charge in [0.05, 0.1) is 0 Å². The maximum absolute atomic E-state index is 13.8. The summed E-state index contributed by atoms with van der Waals surface area (Å²) in [7, 11) is 3.84. The van der Waals surface area contributed by atoms with Gasteiger partial charge in [0.15, 0.2) is 11.6 Å². The summed E-state index contributed by atoms with van der Waals surface area (Å²) in [5.74, 6) is -0.465. The molecule has 2 unspecified atom stereocenters.